The van der Waals surface area contributed by atoms with E-state index < -0.39 is 27.8 Å². The Bertz CT molecular complexity index is 638. The van der Waals surface area contributed by atoms with Crippen LogP contribution in [0.5, 0.6) is 5.75 Å². The van der Waals surface area contributed by atoms with Crippen LogP contribution in [0, 0.1) is 6.92 Å². The van der Waals surface area contributed by atoms with Gasteiger partial charge in [0.25, 0.3) is 0 Å². The van der Waals surface area contributed by atoms with Crippen LogP contribution in [0.4, 0.5) is 13.2 Å². The van der Waals surface area contributed by atoms with Crippen molar-refractivity contribution in [3.63, 3.8) is 0 Å². The molecule has 0 aromatic carbocycles. The number of halogens is 3. The van der Waals surface area contributed by atoms with Crippen LogP contribution in [0.25, 0.3) is 0 Å². The molecule has 0 bridgehead atoms. The molecule has 0 fully saturated rings. The number of aromatic nitrogens is 1. The van der Waals surface area contributed by atoms with Gasteiger partial charge in [-0.15, -0.1) is 0 Å². The molecule has 1 aliphatic rings. The molecule has 0 saturated carbocycles. The minimum absolute atomic E-state index is 0.112. The molecule has 0 saturated heterocycles. The zero-order chi connectivity index (χ0) is 16.3. The second-order valence-corrected chi connectivity index (χ2v) is 6.56. The fourth-order valence-electron chi connectivity index (χ4n) is 2.17. The normalized spacial score (nSPS) is 19.7. The van der Waals surface area contributed by atoms with Gasteiger partial charge in [0, 0.05) is 22.6 Å². The second-order valence-electron chi connectivity index (χ2n) is 4.90. The van der Waals surface area contributed by atoms with Gasteiger partial charge in [-0.05, 0) is 19.4 Å². The number of hydrogen-bond acceptors (Lipinski definition) is 3. The number of ether oxygens (including phenoxy) is 1. The van der Waals surface area contributed by atoms with Gasteiger partial charge in [0.2, 0.25) is 0 Å². The first kappa shape index (κ1) is 16.7. The van der Waals surface area contributed by atoms with Gasteiger partial charge in [0.05, 0.1) is 29.4 Å². The molecule has 120 valence electrons. The predicted octanol–water partition coefficient (Wildman–Crippen LogP) is 3.46. The molecule has 22 heavy (non-hydrogen) atoms. The second kappa shape index (κ2) is 6.64. The number of nitrogens with zero attached hydrogens (tertiary/aromatic N) is 1. The van der Waals surface area contributed by atoms with E-state index in [0.717, 1.165) is 17.7 Å². The van der Waals surface area contributed by atoms with Crippen LogP contribution >= 0.6 is 0 Å². The summed E-state index contributed by atoms with van der Waals surface area (Å²) in [4.78, 5) is 4.18. The van der Waals surface area contributed by atoms with Crippen molar-refractivity contribution in [1.82, 2.24) is 4.98 Å². The van der Waals surface area contributed by atoms with Crippen LogP contribution in [0.2, 0.25) is 0 Å². The summed E-state index contributed by atoms with van der Waals surface area (Å²) < 4.78 is 55.1. The zero-order valence-corrected chi connectivity index (χ0v) is 13.0. The van der Waals surface area contributed by atoms with Gasteiger partial charge in [-0.1, -0.05) is 18.2 Å². The van der Waals surface area contributed by atoms with E-state index in [9.17, 15) is 17.4 Å². The lowest BCUT2D eigenvalue weighted by Gasteiger charge is -2.18. The maximum atomic E-state index is 12.5. The van der Waals surface area contributed by atoms with Gasteiger partial charge < -0.3 is 4.74 Å². The smallest absolute Gasteiger partial charge is 0.416 e. The minimum atomic E-state index is -4.35. The molecule has 2 atom stereocenters. The average Bonchev–Trinajstić information content (AvgIpc) is 2.48. The number of hydrogen-bond donors (Lipinski definition) is 0. The van der Waals surface area contributed by atoms with Crippen LogP contribution in [0.15, 0.2) is 36.1 Å². The summed E-state index contributed by atoms with van der Waals surface area (Å²) in [6.45, 7) is 1.82. The van der Waals surface area contributed by atoms with E-state index in [4.69, 9.17) is 4.74 Å². The summed E-state index contributed by atoms with van der Waals surface area (Å²) in [5.41, 5.74) is 0.748. The summed E-state index contributed by atoms with van der Waals surface area (Å²) in [6, 6.07) is 1.71. The predicted molar refractivity (Wildman–Crippen MR) is 79.1 cm³/mol. The molecule has 1 aromatic rings. The van der Waals surface area contributed by atoms with Crippen molar-refractivity contribution in [3.05, 3.63) is 47.3 Å². The van der Waals surface area contributed by atoms with Gasteiger partial charge in [-0.25, -0.2) is 0 Å². The van der Waals surface area contributed by atoms with Crippen molar-refractivity contribution < 1.29 is 22.1 Å². The van der Waals surface area contributed by atoms with E-state index >= 15 is 0 Å². The summed E-state index contributed by atoms with van der Waals surface area (Å²) in [6.07, 6.45) is 0.784. The van der Waals surface area contributed by atoms with Crippen molar-refractivity contribution in [2.75, 3.05) is 7.11 Å². The fraction of sp³-hybridized carbons (Fsp3) is 0.400. The van der Waals surface area contributed by atoms with Crippen molar-refractivity contribution in [1.29, 1.82) is 0 Å². The number of allylic oxidation sites excluding steroid dienone is 3. The van der Waals surface area contributed by atoms with Gasteiger partial charge in [0.15, 0.2) is 0 Å². The number of methoxy groups -OCH3 is 1. The molecule has 1 aromatic heterocycles. The van der Waals surface area contributed by atoms with Crippen molar-refractivity contribution in [3.8, 4) is 5.75 Å². The van der Waals surface area contributed by atoms with E-state index in [1.165, 1.54) is 13.2 Å². The Morgan fingerprint density at radius 2 is 2.18 bits per heavy atom. The third-order valence-electron chi connectivity index (χ3n) is 3.48. The fourth-order valence-corrected chi connectivity index (χ4v) is 3.51. The molecule has 2 unspecified atom stereocenters. The Balaban J connectivity index is 2.07. The Kier molecular flexibility index (Phi) is 5.05. The Labute approximate surface area is 129 Å². The summed E-state index contributed by atoms with van der Waals surface area (Å²) in [5.74, 6) is 0.841. The zero-order valence-electron chi connectivity index (χ0n) is 12.2. The molecule has 1 heterocycles. The molecule has 1 aliphatic carbocycles. The first-order valence-corrected chi connectivity index (χ1v) is 8.02. The minimum Gasteiger partial charge on any atom is -0.496 e. The largest absolute Gasteiger partial charge is 0.496 e. The third kappa shape index (κ3) is 3.76. The summed E-state index contributed by atoms with van der Waals surface area (Å²) in [7, 11) is 0.202. The number of pyridine rings is 1. The molecule has 3 nitrogen and oxygen atoms in total. The lowest BCUT2D eigenvalue weighted by atomic mass is 10.1. The molecule has 0 radical (unpaired) electrons. The summed E-state index contributed by atoms with van der Waals surface area (Å²) in [5, 5.41) is -0.432. The Morgan fingerprint density at radius 3 is 2.73 bits per heavy atom. The molecule has 2 rings (SSSR count). The first-order valence-electron chi connectivity index (χ1n) is 6.64. The molecular weight excluding hydrogens is 315 g/mol. The first-order chi connectivity index (χ1) is 10.3. The highest BCUT2D eigenvalue weighted by molar-refractivity contribution is 7.85. The number of alkyl halides is 3. The summed E-state index contributed by atoms with van der Waals surface area (Å²) >= 11 is 0. The molecule has 0 amide bonds. The lowest BCUT2D eigenvalue weighted by molar-refractivity contribution is -0.0886. The van der Waals surface area contributed by atoms with Gasteiger partial charge in [-0.3, -0.25) is 9.19 Å². The van der Waals surface area contributed by atoms with Crippen LogP contribution < -0.4 is 4.74 Å². The van der Waals surface area contributed by atoms with Crippen molar-refractivity contribution in [2.24, 2.45) is 0 Å². The SMILES string of the molecule is COc1ccnc(CS(=O)C2C=CC(C(F)(F)F)=CC2)c1C. The monoisotopic (exact) mass is 331 g/mol. The van der Waals surface area contributed by atoms with E-state index in [0.29, 0.717) is 11.4 Å². The topological polar surface area (TPSA) is 39.2 Å². The van der Waals surface area contributed by atoms with E-state index in [2.05, 4.69) is 4.98 Å². The van der Waals surface area contributed by atoms with Crippen LogP contribution in [0.1, 0.15) is 17.7 Å². The highest BCUT2D eigenvalue weighted by atomic mass is 32.2. The highest BCUT2D eigenvalue weighted by Crippen LogP contribution is 2.31. The third-order valence-corrected chi connectivity index (χ3v) is 5.07. The van der Waals surface area contributed by atoms with Crippen molar-refractivity contribution >= 4 is 10.8 Å². The molecule has 0 N–H and O–H groups in total. The molecule has 7 heteroatoms. The van der Waals surface area contributed by atoms with Crippen LogP contribution in [0.3, 0.4) is 0 Å². The van der Waals surface area contributed by atoms with Crippen LogP contribution in [-0.4, -0.2) is 27.7 Å². The molecule has 0 spiro atoms. The Hall–Kier alpha value is -1.63. The van der Waals surface area contributed by atoms with Crippen molar-refractivity contribution in [2.45, 2.75) is 30.5 Å². The van der Waals surface area contributed by atoms with E-state index in [-0.39, 0.29) is 12.2 Å². The Morgan fingerprint density at radius 1 is 1.45 bits per heavy atom. The van der Waals surface area contributed by atoms with E-state index in [1.807, 2.05) is 6.92 Å². The number of rotatable bonds is 4. The van der Waals surface area contributed by atoms with Gasteiger partial charge in [0.1, 0.15) is 5.75 Å². The highest BCUT2D eigenvalue weighted by Gasteiger charge is 2.33. The molecular formula is C15H16F3NO2S. The lowest BCUT2D eigenvalue weighted by Crippen LogP contribution is -2.20. The average molecular weight is 331 g/mol. The van der Waals surface area contributed by atoms with Gasteiger partial charge in [-0.2, -0.15) is 13.2 Å². The van der Waals surface area contributed by atoms with E-state index in [1.54, 1.807) is 12.3 Å². The molecule has 0 aliphatic heterocycles. The quantitative estimate of drug-likeness (QED) is 0.848. The maximum absolute atomic E-state index is 12.5. The standard InChI is InChI=1S/C15H16F3NO2S/c1-10-13(19-8-7-14(10)21-2)9-22(20)12-5-3-11(4-6-12)15(16,17)18/h3-5,7-8,12H,6,9H2,1-2H3. The van der Waals surface area contributed by atoms with Crippen LogP contribution in [-0.2, 0) is 16.6 Å². The van der Waals surface area contributed by atoms with Gasteiger partial charge >= 0.3 is 6.18 Å². The maximum Gasteiger partial charge on any atom is 0.416 e.